The molecule has 0 saturated carbocycles. The van der Waals surface area contributed by atoms with Crippen LogP contribution in [0, 0.1) is 5.92 Å². The molecule has 0 aliphatic rings. The standard InChI is InChI=1S/C12H20N.C5H12O3S/c1-5-9-13(10-6-2,11-7-3)12-8-4;1-5(2)3-4-9(6,7)8/h5-8H,1-4,9-12H2;5H,3-4H2,1-2H3,(H,6,7,8)/q+1;. The number of quaternary nitrogens is 1. The van der Waals surface area contributed by atoms with Crippen LogP contribution in [0.2, 0.25) is 0 Å². The predicted octanol–water partition coefficient (Wildman–Crippen LogP) is 3.47. The van der Waals surface area contributed by atoms with Gasteiger partial charge in [-0.1, -0.05) is 40.2 Å². The van der Waals surface area contributed by atoms with Gasteiger partial charge in [0.15, 0.2) is 0 Å². The predicted molar refractivity (Wildman–Crippen MR) is 96.4 cm³/mol. The first-order valence-corrected chi connectivity index (χ1v) is 9.01. The van der Waals surface area contributed by atoms with E-state index in [4.69, 9.17) is 4.55 Å². The summed E-state index contributed by atoms with van der Waals surface area (Å²) in [4.78, 5) is 0. The summed E-state index contributed by atoms with van der Waals surface area (Å²) in [5.41, 5.74) is 0. The summed E-state index contributed by atoms with van der Waals surface area (Å²) in [6.07, 6.45) is 8.29. The fourth-order valence-corrected chi connectivity index (χ4v) is 2.70. The van der Waals surface area contributed by atoms with Crippen molar-refractivity contribution >= 4 is 10.1 Å². The average molecular weight is 331 g/mol. The van der Waals surface area contributed by atoms with Crippen molar-refractivity contribution in [1.82, 2.24) is 0 Å². The second-order valence-corrected chi connectivity index (χ2v) is 7.27. The monoisotopic (exact) mass is 330 g/mol. The van der Waals surface area contributed by atoms with E-state index in [2.05, 4.69) is 26.3 Å². The lowest BCUT2D eigenvalue weighted by Crippen LogP contribution is -2.48. The van der Waals surface area contributed by atoms with Crippen molar-refractivity contribution in [1.29, 1.82) is 0 Å². The van der Waals surface area contributed by atoms with Gasteiger partial charge in [-0.2, -0.15) is 8.42 Å². The molecule has 0 rings (SSSR count). The van der Waals surface area contributed by atoms with Gasteiger partial charge in [-0.3, -0.25) is 4.55 Å². The zero-order valence-electron chi connectivity index (χ0n) is 14.1. The molecule has 0 radical (unpaired) electrons. The first-order chi connectivity index (χ1) is 10.2. The maximum atomic E-state index is 10.1. The molecule has 0 spiro atoms. The highest BCUT2D eigenvalue weighted by molar-refractivity contribution is 7.85. The first-order valence-electron chi connectivity index (χ1n) is 7.40. The van der Waals surface area contributed by atoms with Gasteiger partial charge < -0.3 is 4.48 Å². The fourth-order valence-electron chi connectivity index (χ4n) is 1.93. The van der Waals surface area contributed by atoms with Gasteiger partial charge in [-0.05, 0) is 36.6 Å². The molecule has 0 fully saturated rings. The van der Waals surface area contributed by atoms with Gasteiger partial charge in [0.25, 0.3) is 10.1 Å². The highest BCUT2D eigenvalue weighted by Gasteiger charge is 2.20. The van der Waals surface area contributed by atoms with Crippen LogP contribution >= 0.6 is 0 Å². The molecule has 22 heavy (non-hydrogen) atoms. The van der Waals surface area contributed by atoms with E-state index in [0.29, 0.717) is 12.3 Å². The van der Waals surface area contributed by atoms with Crippen LogP contribution in [0.25, 0.3) is 0 Å². The maximum absolute atomic E-state index is 10.1. The lowest BCUT2D eigenvalue weighted by atomic mass is 10.2. The summed E-state index contributed by atoms with van der Waals surface area (Å²) in [5.74, 6) is 0.205. The van der Waals surface area contributed by atoms with Crippen LogP contribution in [0.3, 0.4) is 0 Å². The summed E-state index contributed by atoms with van der Waals surface area (Å²) in [7, 11) is -3.72. The topological polar surface area (TPSA) is 54.4 Å². The molecular weight excluding hydrogens is 298 g/mol. The van der Waals surface area contributed by atoms with E-state index >= 15 is 0 Å². The van der Waals surface area contributed by atoms with E-state index in [1.807, 2.05) is 38.2 Å². The normalized spacial score (nSPS) is 11.3. The fraction of sp³-hybridized carbons (Fsp3) is 0.529. The van der Waals surface area contributed by atoms with Crippen LogP contribution in [0.15, 0.2) is 50.6 Å². The van der Waals surface area contributed by atoms with E-state index in [1.54, 1.807) is 0 Å². The van der Waals surface area contributed by atoms with E-state index in [1.165, 1.54) is 0 Å². The molecule has 0 aliphatic carbocycles. The van der Waals surface area contributed by atoms with Gasteiger partial charge in [-0.15, -0.1) is 0 Å². The van der Waals surface area contributed by atoms with Crippen molar-refractivity contribution < 1.29 is 17.5 Å². The van der Waals surface area contributed by atoms with Crippen LogP contribution < -0.4 is 0 Å². The van der Waals surface area contributed by atoms with Gasteiger partial charge >= 0.3 is 0 Å². The smallest absolute Gasteiger partial charge is 0.264 e. The Morgan fingerprint density at radius 2 is 1.23 bits per heavy atom. The highest BCUT2D eigenvalue weighted by Crippen LogP contribution is 2.07. The molecule has 0 bridgehead atoms. The van der Waals surface area contributed by atoms with Gasteiger partial charge in [0, 0.05) is 0 Å². The van der Waals surface area contributed by atoms with Crippen LogP contribution in [0.1, 0.15) is 20.3 Å². The van der Waals surface area contributed by atoms with Crippen LogP contribution in [0.5, 0.6) is 0 Å². The minimum atomic E-state index is -3.72. The van der Waals surface area contributed by atoms with Gasteiger partial charge in [0.1, 0.15) is 0 Å². The number of rotatable bonds is 11. The van der Waals surface area contributed by atoms with E-state index < -0.39 is 10.1 Å². The summed E-state index contributed by atoms with van der Waals surface area (Å²) in [6, 6.07) is 0. The molecule has 4 nitrogen and oxygen atoms in total. The molecule has 0 heterocycles. The Labute approximate surface area is 136 Å². The SMILES string of the molecule is C=CC[N+](CC=C)(CC=C)CC=C.CC(C)CCS(=O)(=O)O. The van der Waals surface area contributed by atoms with E-state index in [0.717, 1.165) is 30.7 Å². The molecule has 0 atom stereocenters. The van der Waals surface area contributed by atoms with Crippen molar-refractivity contribution in [3.8, 4) is 0 Å². The molecular formula is C17H32NO3S+. The summed E-state index contributed by atoms with van der Waals surface area (Å²) < 4.78 is 29.3. The molecule has 0 amide bonds. The summed E-state index contributed by atoms with van der Waals surface area (Å²) in [5, 5.41) is 0. The van der Waals surface area contributed by atoms with Gasteiger partial charge in [0.05, 0.1) is 31.9 Å². The van der Waals surface area contributed by atoms with E-state index in [9.17, 15) is 8.42 Å². The molecule has 5 heteroatoms. The van der Waals surface area contributed by atoms with Crippen molar-refractivity contribution in [2.75, 3.05) is 31.9 Å². The van der Waals surface area contributed by atoms with Crippen molar-refractivity contribution in [3.63, 3.8) is 0 Å². The third-order valence-electron chi connectivity index (χ3n) is 3.02. The quantitative estimate of drug-likeness (QED) is 0.358. The maximum Gasteiger partial charge on any atom is 0.264 e. The van der Waals surface area contributed by atoms with E-state index in [-0.39, 0.29) is 5.75 Å². The lowest BCUT2D eigenvalue weighted by Gasteiger charge is -2.35. The Morgan fingerprint density at radius 3 is 1.36 bits per heavy atom. The van der Waals surface area contributed by atoms with Crippen molar-refractivity contribution in [2.45, 2.75) is 20.3 Å². The summed E-state index contributed by atoms with van der Waals surface area (Å²) >= 11 is 0. The number of hydrogen-bond acceptors (Lipinski definition) is 2. The molecule has 128 valence electrons. The Hall–Kier alpha value is -1.17. The average Bonchev–Trinajstić information content (AvgIpc) is 2.38. The molecule has 0 saturated heterocycles. The lowest BCUT2D eigenvalue weighted by molar-refractivity contribution is -0.906. The Bertz CT molecular complexity index is 393. The van der Waals surface area contributed by atoms with Crippen LogP contribution in [0.4, 0.5) is 0 Å². The number of hydrogen-bond donors (Lipinski definition) is 1. The molecule has 0 aromatic heterocycles. The molecule has 0 aromatic rings. The third kappa shape index (κ3) is 13.8. The first kappa shape index (κ1) is 23.1. The van der Waals surface area contributed by atoms with Crippen molar-refractivity contribution in [2.24, 2.45) is 5.92 Å². The second-order valence-electron chi connectivity index (χ2n) is 5.70. The van der Waals surface area contributed by atoms with Gasteiger partial charge in [0.2, 0.25) is 0 Å². The molecule has 0 unspecified atom stereocenters. The minimum Gasteiger partial charge on any atom is -0.311 e. The van der Waals surface area contributed by atoms with Crippen LogP contribution in [-0.2, 0) is 10.1 Å². The molecule has 0 aliphatic heterocycles. The van der Waals surface area contributed by atoms with Crippen molar-refractivity contribution in [3.05, 3.63) is 50.6 Å². The Kier molecular flexibility index (Phi) is 13.0. The highest BCUT2D eigenvalue weighted by atomic mass is 32.2. The number of nitrogens with zero attached hydrogens (tertiary/aromatic N) is 1. The van der Waals surface area contributed by atoms with Crippen LogP contribution in [-0.4, -0.2) is 49.4 Å². The third-order valence-corrected chi connectivity index (χ3v) is 3.77. The zero-order chi connectivity index (χ0) is 17.6. The Balaban J connectivity index is 0. The molecule has 0 aromatic carbocycles. The largest absolute Gasteiger partial charge is 0.311 e. The molecule has 1 N–H and O–H groups in total. The summed E-state index contributed by atoms with van der Waals surface area (Å²) in [6.45, 7) is 22.6. The minimum absolute atomic E-state index is 0.120. The Morgan fingerprint density at radius 1 is 0.909 bits per heavy atom. The zero-order valence-corrected chi connectivity index (χ0v) is 14.9. The second kappa shape index (κ2) is 12.4. The van der Waals surface area contributed by atoms with Gasteiger partial charge in [-0.25, -0.2) is 0 Å².